The summed E-state index contributed by atoms with van der Waals surface area (Å²) in [5.74, 6) is 0.351. The average molecular weight is 232 g/mol. The SMILES string of the molecule is CCCCC1(O)CCCCC1c1ccccc1. The highest BCUT2D eigenvalue weighted by atomic mass is 16.3. The Hall–Kier alpha value is -0.820. The molecule has 2 rings (SSSR count). The van der Waals surface area contributed by atoms with E-state index < -0.39 is 5.60 Å². The molecular formula is C16H24O. The van der Waals surface area contributed by atoms with Gasteiger partial charge in [-0.1, -0.05) is 62.9 Å². The van der Waals surface area contributed by atoms with Gasteiger partial charge in [0.2, 0.25) is 0 Å². The van der Waals surface area contributed by atoms with Crippen LogP contribution in [0, 0.1) is 0 Å². The van der Waals surface area contributed by atoms with Crippen LogP contribution in [-0.4, -0.2) is 10.7 Å². The predicted octanol–water partition coefficient (Wildman–Crippen LogP) is 4.27. The van der Waals surface area contributed by atoms with E-state index in [0.29, 0.717) is 5.92 Å². The van der Waals surface area contributed by atoms with Gasteiger partial charge in [0.15, 0.2) is 0 Å². The van der Waals surface area contributed by atoms with Gasteiger partial charge < -0.3 is 5.11 Å². The zero-order valence-corrected chi connectivity index (χ0v) is 10.9. The molecule has 1 N–H and O–H groups in total. The van der Waals surface area contributed by atoms with Gasteiger partial charge in [-0.3, -0.25) is 0 Å². The van der Waals surface area contributed by atoms with Crippen molar-refractivity contribution in [3.63, 3.8) is 0 Å². The molecule has 0 amide bonds. The Morgan fingerprint density at radius 2 is 2.00 bits per heavy atom. The molecule has 1 nitrogen and oxygen atoms in total. The standard InChI is InChI=1S/C16H24O/c1-2-3-12-16(17)13-8-7-11-15(16)14-9-5-4-6-10-14/h4-6,9-10,15,17H,2-3,7-8,11-13H2,1H3. The fourth-order valence-corrected chi connectivity index (χ4v) is 3.17. The van der Waals surface area contributed by atoms with Crippen molar-refractivity contribution in [1.29, 1.82) is 0 Å². The quantitative estimate of drug-likeness (QED) is 0.822. The van der Waals surface area contributed by atoms with E-state index in [4.69, 9.17) is 0 Å². The monoisotopic (exact) mass is 232 g/mol. The van der Waals surface area contributed by atoms with Gasteiger partial charge >= 0.3 is 0 Å². The Morgan fingerprint density at radius 1 is 1.24 bits per heavy atom. The molecule has 94 valence electrons. The fourth-order valence-electron chi connectivity index (χ4n) is 3.17. The smallest absolute Gasteiger partial charge is 0.0716 e. The lowest BCUT2D eigenvalue weighted by atomic mass is 9.70. The van der Waals surface area contributed by atoms with Crippen LogP contribution in [0.25, 0.3) is 0 Å². The zero-order valence-electron chi connectivity index (χ0n) is 10.9. The van der Waals surface area contributed by atoms with E-state index in [9.17, 15) is 5.11 Å². The first kappa shape index (κ1) is 12.6. The Bertz CT molecular complexity index is 333. The average Bonchev–Trinajstić information content (AvgIpc) is 2.38. The molecule has 1 fully saturated rings. The number of aliphatic hydroxyl groups is 1. The summed E-state index contributed by atoms with van der Waals surface area (Å²) in [6.45, 7) is 2.20. The summed E-state index contributed by atoms with van der Waals surface area (Å²) in [6, 6.07) is 10.6. The van der Waals surface area contributed by atoms with Crippen LogP contribution >= 0.6 is 0 Å². The summed E-state index contributed by atoms with van der Waals surface area (Å²) >= 11 is 0. The highest BCUT2D eigenvalue weighted by Gasteiger charge is 2.38. The van der Waals surface area contributed by atoms with Crippen molar-refractivity contribution < 1.29 is 5.11 Å². The number of hydrogen-bond acceptors (Lipinski definition) is 1. The van der Waals surface area contributed by atoms with Crippen LogP contribution in [-0.2, 0) is 0 Å². The summed E-state index contributed by atoms with van der Waals surface area (Å²) in [5.41, 5.74) is 0.876. The van der Waals surface area contributed by atoms with E-state index in [2.05, 4.69) is 37.3 Å². The minimum absolute atomic E-state index is 0.351. The van der Waals surface area contributed by atoms with Gasteiger partial charge in [0.1, 0.15) is 0 Å². The van der Waals surface area contributed by atoms with Crippen molar-refractivity contribution in [3.05, 3.63) is 35.9 Å². The molecule has 1 aromatic carbocycles. The summed E-state index contributed by atoms with van der Waals surface area (Å²) in [6.07, 6.45) is 7.83. The summed E-state index contributed by atoms with van der Waals surface area (Å²) in [4.78, 5) is 0. The third kappa shape index (κ3) is 2.90. The maximum Gasteiger partial charge on any atom is 0.0716 e. The second-order valence-corrected chi connectivity index (χ2v) is 5.42. The summed E-state index contributed by atoms with van der Waals surface area (Å²) < 4.78 is 0. The van der Waals surface area contributed by atoms with E-state index in [1.165, 1.54) is 24.8 Å². The maximum absolute atomic E-state index is 10.9. The van der Waals surface area contributed by atoms with Crippen LogP contribution in [0.15, 0.2) is 30.3 Å². The largest absolute Gasteiger partial charge is 0.389 e. The summed E-state index contributed by atoms with van der Waals surface area (Å²) in [7, 11) is 0. The van der Waals surface area contributed by atoms with Gasteiger partial charge in [0.05, 0.1) is 5.60 Å². The first-order chi connectivity index (χ1) is 8.26. The number of unbranched alkanes of at least 4 members (excludes halogenated alkanes) is 1. The Morgan fingerprint density at radius 3 is 2.71 bits per heavy atom. The molecule has 0 spiro atoms. The molecule has 0 aromatic heterocycles. The van der Waals surface area contributed by atoms with Crippen LogP contribution in [0.4, 0.5) is 0 Å². The zero-order chi connectivity index (χ0) is 12.1. The van der Waals surface area contributed by atoms with Crippen molar-refractivity contribution in [2.45, 2.75) is 63.4 Å². The minimum atomic E-state index is -0.449. The molecule has 0 saturated heterocycles. The van der Waals surface area contributed by atoms with Gasteiger partial charge in [0.25, 0.3) is 0 Å². The van der Waals surface area contributed by atoms with Crippen LogP contribution in [0.2, 0.25) is 0 Å². The van der Waals surface area contributed by atoms with Crippen molar-refractivity contribution >= 4 is 0 Å². The molecule has 0 heterocycles. The van der Waals surface area contributed by atoms with Crippen LogP contribution < -0.4 is 0 Å². The minimum Gasteiger partial charge on any atom is -0.389 e. The molecule has 0 radical (unpaired) electrons. The number of benzene rings is 1. The lowest BCUT2D eigenvalue weighted by Crippen LogP contribution is -2.39. The summed E-state index contributed by atoms with van der Waals surface area (Å²) in [5, 5.41) is 10.9. The second kappa shape index (κ2) is 5.68. The molecule has 17 heavy (non-hydrogen) atoms. The third-order valence-corrected chi connectivity index (χ3v) is 4.17. The lowest BCUT2D eigenvalue weighted by molar-refractivity contribution is -0.0260. The molecule has 0 aliphatic heterocycles. The maximum atomic E-state index is 10.9. The Balaban J connectivity index is 2.17. The van der Waals surface area contributed by atoms with Crippen LogP contribution in [0.5, 0.6) is 0 Å². The fraction of sp³-hybridized carbons (Fsp3) is 0.625. The molecule has 2 atom stereocenters. The molecule has 1 aliphatic carbocycles. The van der Waals surface area contributed by atoms with E-state index in [-0.39, 0.29) is 0 Å². The molecule has 2 unspecified atom stereocenters. The van der Waals surface area contributed by atoms with Crippen LogP contribution in [0.3, 0.4) is 0 Å². The topological polar surface area (TPSA) is 20.2 Å². The van der Waals surface area contributed by atoms with E-state index >= 15 is 0 Å². The number of rotatable bonds is 4. The first-order valence-electron chi connectivity index (χ1n) is 7.03. The molecular weight excluding hydrogens is 208 g/mol. The molecule has 1 heteroatoms. The van der Waals surface area contributed by atoms with Crippen molar-refractivity contribution in [1.82, 2.24) is 0 Å². The van der Waals surface area contributed by atoms with Crippen molar-refractivity contribution in [3.8, 4) is 0 Å². The van der Waals surface area contributed by atoms with E-state index in [1.54, 1.807) is 0 Å². The highest BCUT2D eigenvalue weighted by Crippen LogP contribution is 2.43. The Labute approximate surface area is 105 Å². The molecule has 0 bridgehead atoms. The third-order valence-electron chi connectivity index (χ3n) is 4.17. The first-order valence-corrected chi connectivity index (χ1v) is 7.03. The van der Waals surface area contributed by atoms with Crippen molar-refractivity contribution in [2.24, 2.45) is 0 Å². The normalized spacial score (nSPS) is 29.2. The van der Waals surface area contributed by atoms with Gasteiger partial charge in [-0.25, -0.2) is 0 Å². The number of hydrogen-bond donors (Lipinski definition) is 1. The van der Waals surface area contributed by atoms with Gasteiger partial charge in [-0.15, -0.1) is 0 Å². The van der Waals surface area contributed by atoms with E-state index in [1.807, 2.05) is 0 Å². The van der Waals surface area contributed by atoms with Gasteiger partial charge in [-0.2, -0.15) is 0 Å². The Kier molecular flexibility index (Phi) is 4.22. The molecule has 1 aliphatic rings. The van der Waals surface area contributed by atoms with E-state index in [0.717, 1.165) is 25.7 Å². The van der Waals surface area contributed by atoms with Crippen LogP contribution in [0.1, 0.15) is 63.4 Å². The van der Waals surface area contributed by atoms with Gasteiger partial charge in [-0.05, 0) is 24.8 Å². The second-order valence-electron chi connectivity index (χ2n) is 5.42. The van der Waals surface area contributed by atoms with Gasteiger partial charge in [0, 0.05) is 5.92 Å². The molecule has 1 aromatic rings. The highest BCUT2D eigenvalue weighted by molar-refractivity contribution is 5.23. The predicted molar refractivity (Wildman–Crippen MR) is 72.1 cm³/mol. The molecule has 1 saturated carbocycles. The lowest BCUT2D eigenvalue weighted by Gasteiger charge is -2.40. The van der Waals surface area contributed by atoms with Crippen molar-refractivity contribution in [2.75, 3.05) is 0 Å².